The molecule has 1 rings (SSSR count). The van der Waals surface area contributed by atoms with Crippen molar-refractivity contribution in [2.45, 2.75) is 58.5 Å². The highest BCUT2D eigenvalue weighted by Gasteiger charge is 2.30. The summed E-state index contributed by atoms with van der Waals surface area (Å²) in [4.78, 5) is 0. The fourth-order valence-corrected chi connectivity index (χ4v) is 2.74. The Morgan fingerprint density at radius 3 is 2.73 bits per heavy atom. The lowest BCUT2D eigenvalue weighted by Gasteiger charge is -2.32. The number of aliphatic hydroxyl groups is 1. The van der Waals surface area contributed by atoms with Crippen molar-refractivity contribution in [3.8, 4) is 6.07 Å². The van der Waals surface area contributed by atoms with Crippen molar-refractivity contribution in [2.24, 2.45) is 17.8 Å². The molecule has 0 aliphatic heterocycles. The lowest BCUT2D eigenvalue weighted by molar-refractivity contribution is 0.0390. The summed E-state index contributed by atoms with van der Waals surface area (Å²) in [6, 6.07) is 2.26. The Bertz CT molecular complexity index is 221. The highest BCUT2D eigenvalue weighted by molar-refractivity contribution is 4.92. The maximum Gasteiger partial charge on any atom is 0.0726 e. The Hall–Kier alpha value is -0.550. The molecule has 2 heteroatoms. The van der Waals surface area contributed by atoms with Crippen molar-refractivity contribution in [2.75, 3.05) is 0 Å². The molecule has 0 radical (unpaired) electrons. The van der Waals surface area contributed by atoms with Gasteiger partial charge in [-0.15, -0.1) is 0 Å². The first-order chi connectivity index (χ1) is 7.19. The molecular formula is C13H23NO. The van der Waals surface area contributed by atoms with Gasteiger partial charge in [0.1, 0.15) is 0 Å². The molecule has 1 fully saturated rings. The third-order valence-electron chi connectivity index (χ3n) is 3.64. The molecule has 1 aliphatic carbocycles. The Morgan fingerprint density at radius 1 is 1.47 bits per heavy atom. The Balaban J connectivity index is 2.50. The van der Waals surface area contributed by atoms with Crippen LogP contribution in [0.5, 0.6) is 0 Å². The van der Waals surface area contributed by atoms with Gasteiger partial charge < -0.3 is 5.11 Å². The van der Waals surface area contributed by atoms with E-state index in [2.05, 4.69) is 19.9 Å². The van der Waals surface area contributed by atoms with Crippen LogP contribution in [-0.2, 0) is 0 Å². The van der Waals surface area contributed by atoms with Crippen molar-refractivity contribution >= 4 is 0 Å². The van der Waals surface area contributed by atoms with Gasteiger partial charge in [-0.1, -0.05) is 33.1 Å². The van der Waals surface area contributed by atoms with Gasteiger partial charge in [0.15, 0.2) is 0 Å². The lowest BCUT2D eigenvalue weighted by Crippen LogP contribution is -2.31. The van der Waals surface area contributed by atoms with E-state index in [9.17, 15) is 5.11 Å². The van der Waals surface area contributed by atoms with Crippen LogP contribution in [0.25, 0.3) is 0 Å². The predicted octanol–water partition coefficient (Wildman–Crippen LogP) is 3.11. The molecular weight excluding hydrogens is 186 g/mol. The summed E-state index contributed by atoms with van der Waals surface area (Å²) in [5.41, 5.74) is 0. The van der Waals surface area contributed by atoms with Gasteiger partial charge in [0.2, 0.25) is 0 Å². The number of nitrogens with zero attached hydrogens (tertiary/aromatic N) is 1. The Kier molecular flexibility index (Phi) is 5.11. The molecule has 0 aromatic rings. The van der Waals surface area contributed by atoms with Gasteiger partial charge in [-0.05, 0) is 31.1 Å². The molecule has 1 saturated carbocycles. The van der Waals surface area contributed by atoms with Crippen LogP contribution < -0.4 is 0 Å². The Morgan fingerprint density at radius 2 is 2.20 bits per heavy atom. The molecule has 0 aromatic carbocycles. The molecule has 0 bridgehead atoms. The normalized spacial score (nSPS) is 30.5. The van der Waals surface area contributed by atoms with Crippen LogP contribution in [-0.4, -0.2) is 11.2 Å². The number of aliphatic hydroxyl groups excluding tert-OH is 1. The van der Waals surface area contributed by atoms with Crippen molar-refractivity contribution in [3.63, 3.8) is 0 Å². The molecule has 4 unspecified atom stereocenters. The number of hydrogen-bond donors (Lipinski definition) is 1. The van der Waals surface area contributed by atoms with Gasteiger partial charge in [-0.3, -0.25) is 0 Å². The molecule has 1 aliphatic rings. The molecule has 0 heterocycles. The third-order valence-corrected chi connectivity index (χ3v) is 3.64. The summed E-state index contributed by atoms with van der Waals surface area (Å²) < 4.78 is 0. The van der Waals surface area contributed by atoms with Gasteiger partial charge in [0.25, 0.3) is 0 Å². The van der Waals surface area contributed by atoms with Gasteiger partial charge in [0.05, 0.1) is 18.1 Å². The highest BCUT2D eigenvalue weighted by atomic mass is 16.3. The van der Waals surface area contributed by atoms with Crippen LogP contribution in [0.3, 0.4) is 0 Å². The zero-order valence-corrected chi connectivity index (χ0v) is 9.95. The quantitative estimate of drug-likeness (QED) is 0.773. The molecule has 1 N–H and O–H groups in total. The number of hydrogen-bond acceptors (Lipinski definition) is 2. The fourth-order valence-electron chi connectivity index (χ4n) is 2.74. The van der Waals surface area contributed by atoms with Crippen molar-refractivity contribution in [1.29, 1.82) is 5.26 Å². The molecule has 2 nitrogen and oxygen atoms in total. The van der Waals surface area contributed by atoms with E-state index in [1.807, 2.05) is 0 Å². The first-order valence-electron chi connectivity index (χ1n) is 6.26. The second-order valence-corrected chi connectivity index (χ2v) is 5.05. The van der Waals surface area contributed by atoms with Crippen LogP contribution in [0.4, 0.5) is 0 Å². The minimum Gasteiger partial charge on any atom is -0.391 e. The molecule has 0 amide bonds. The van der Waals surface area contributed by atoms with Crippen LogP contribution in [0.15, 0.2) is 0 Å². The van der Waals surface area contributed by atoms with Gasteiger partial charge in [-0.25, -0.2) is 0 Å². The van der Waals surface area contributed by atoms with Gasteiger partial charge in [-0.2, -0.15) is 5.26 Å². The highest BCUT2D eigenvalue weighted by Crippen LogP contribution is 2.33. The van der Waals surface area contributed by atoms with E-state index in [4.69, 9.17) is 5.26 Å². The Labute approximate surface area is 93.3 Å². The van der Waals surface area contributed by atoms with Crippen molar-refractivity contribution in [1.82, 2.24) is 0 Å². The van der Waals surface area contributed by atoms with E-state index in [0.29, 0.717) is 5.92 Å². The average molecular weight is 209 g/mol. The van der Waals surface area contributed by atoms with E-state index < -0.39 is 6.10 Å². The summed E-state index contributed by atoms with van der Waals surface area (Å²) in [6.07, 6.45) is 6.13. The molecule has 4 atom stereocenters. The minimum atomic E-state index is -0.391. The number of rotatable bonds is 4. The van der Waals surface area contributed by atoms with Crippen molar-refractivity contribution in [3.05, 3.63) is 0 Å². The van der Waals surface area contributed by atoms with E-state index in [1.165, 1.54) is 12.8 Å². The molecule has 0 spiro atoms. The molecule has 15 heavy (non-hydrogen) atoms. The average Bonchev–Trinajstić information content (AvgIpc) is 2.25. The maximum absolute atomic E-state index is 10.2. The largest absolute Gasteiger partial charge is 0.391 e. The fraction of sp³-hybridized carbons (Fsp3) is 0.923. The van der Waals surface area contributed by atoms with Crippen LogP contribution >= 0.6 is 0 Å². The molecule has 0 aromatic heterocycles. The van der Waals surface area contributed by atoms with E-state index in [0.717, 1.165) is 31.6 Å². The SMILES string of the molecule is CCCC(C#N)C(O)C1CCCC(C)C1. The summed E-state index contributed by atoms with van der Waals surface area (Å²) in [5.74, 6) is 0.939. The summed E-state index contributed by atoms with van der Waals surface area (Å²) in [5, 5.41) is 19.2. The summed E-state index contributed by atoms with van der Waals surface area (Å²) >= 11 is 0. The first kappa shape index (κ1) is 12.5. The van der Waals surface area contributed by atoms with Crippen LogP contribution in [0, 0.1) is 29.1 Å². The second kappa shape index (κ2) is 6.12. The topological polar surface area (TPSA) is 44.0 Å². The first-order valence-corrected chi connectivity index (χ1v) is 6.26. The third kappa shape index (κ3) is 3.50. The predicted molar refractivity (Wildman–Crippen MR) is 61.1 cm³/mol. The standard InChI is InChI=1S/C13H23NO/c1-3-5-12(9-14)13(15)11-7-4-6-10(2)8-11/h10-13,15H,3-8H2,1-2H3. The smallest absolute Gasteiger partial charge is 0.0726 e. The van der Waals surface area contributed by atoms with Crippen LogP contribution in [0.2, 0.25) is 0 Å². The zero-order chi connectivity index (χ0) is 11.3. The van der Waals surface area contributed by atoms with Gasteiger partial charge >= 0.3 is 0 Å². The van der Waals surface area contributed by atoms with Crippen molar-refractivity contribution < 1.29 is 5.11 Å². The maximum atomic E-state index is 10.2. The lowest BCUT2D eigenvalue weighted by atomic mass is 9.76. The summed E-state index contributed by atoms with van der Waals surface area (Å²) in [7, 11) is 0. The molecule has 0 saturated heterocycles. The number of nitriles is 1. The van der Waals surface area contributed by atoms with Crippen LogP contribution in [0.1, 0.15) is 52.4 Å². The van der Waals surface area contributed by atoms with E-state index in [1.54, 1.807) is 0 Å². The monoisotopic (exact) mass is 209 g/mol. The van der Waals surface area contributed by atoms with Gasteiger partial charge in [0, 0.05) is 0 Å². The van der Waals surface area contributed by atoms with E-state index >= 15 is 0 Å². The van der Waals surface area contributed by atoms with E-state index in [-0.39, 0.29) is 5.92 Å². The minimum absolute atomic E-state index is 0.148. The molecule has 86 valence electrons. The zero-order valence-electron chi connectivity index (χ0n) is 9.95. The summed E-state index contributed by atoms with van der Waals surface area (Å²) in [6.45, 7) is 4.32. The second-order valence-electron chi connectivity index (χ2n) is 5.05.